The van der Waals surface area contributed by atoms with E-state index in [-0.39, 0.29) is 5.38 Å². The summed E-state index contributed by atoms with van der Waals surface area (Å²) in [4.78, 5) is 9.93. The summed E-state index contributed by atoms with van der Waals surface area (Å²) in [5.41, 5.74) is 0. The quantitative estimate of drug-likeness (QED) is 0.533. The maximum absolute atomic E-state index is 9.93. The molecule has 0 saturated carbocycles. The Balaban J connectivity index is 3.55. The lowest BCUT2D eigenvalue weighted by molar-refractivity contribution is -0.131. The zero-order valence-electron chi connectivity index (χ0n) is 5.26. The molecule has 0 rings (SSSR count). The van der Waals surface area contributed by atoms with Crippen molar-refractivity contribution in [2.24, 2.45) is 0 Å². The molecule has 0 saturated heterocycles. The zero-order valence-corrected chi connectivity index (χ0v) is 6.77. The van der Waals surface area contributed by atoms with Crippen molar-refractivity contribution in [2.45, 2.75) is 11.8 Å². The molecule has 0 aliphatic carbocycles. The summed E-state index contributed by atoms with van der Waals surface area (Å²) in [6, 6.07) is 0. The third kappa shape index (κ3) is 5.92. The second-order valence-electron chi connectivity index (χ2n) is 1.69. The third-order valence-corrected chi connectivity index (χ3v) is 1.41. The van der Waals surface area contributed by atoms with Crippen LogP contribution < -0.4 is 0 Å². The first-order valence-electron chi connectivity index (χ1n) is 2.78. The van der Waals surface area contributed by atoms with Gasteiger partial charge in [0, 0.05) is 12.0 Å². The molecule has 0 radical (unpaired) electrons. The number of halogens is 2. The minimum atomic E-state index is -0.986. The van der Waals surface area contributed by atoms with Gasteiger partial charge in [0.05, 0.1) is 5.38 Å². The predicted molar refractivity (Wildman–Crippen MR) is 41.8 cm³/mol. The third-order valence-electron chi connectivity index (χ3n) is 0.833. The van der Waals surface area contributed by atoms with Crippen LogP contribution in [0.3, 0.4) is 0 Å². The first-order chi connectivity index (χ1) is 4.66. The fraction of sp³-hybridized carbons (Fsp3) is 0.500. The minimum absolute atomic E-state index is 0.270. The lowest BCUT2D eigenvalue weighted by atomic mass is 10.3. The Bertz CT molecular complexity index is 134. The average Bonchev–Trinajstić information content (AvgIpc) is 1.85. The Labute approximate surface area is 69.4 Å². The number of allylic oxidation sites excluding steroid dienone is 1. The first kappa shape index (κ1) is 9.79. The standard InChI is InChI=1S/C6H8Cl2O2/c7-4-3-5(8)1-2-6(9)10/h1-2,5H,3-4H2,(H,9,10). The van der Waals surface area contributed by atoms with Gasteiger partial charge >= 0.3 is 5.97 Å². The van der Waals surface area contributed by atoms with E-state index in [0.29, 0.717) is 12.3 Å². The summed E-state index contributed by atoms with van der Waals surface area (Å²) in [5, 5.41) is 7.88. The molecule has 4 heteroatoms. The summed E-state index contributed by atoms with van der Waals surface area (Å²) in [6.45, 7) is 0. The van der Waals surface area contributed by atoms with Crippen LogP contribution in [0.25, 0.3) is 0 Å². The SMILES string of the molecule is O=C(O)C=CC(Cl)CCCl. The summed E-state index contributed by atoms with van der Waals surface area (Å²) in [5.74, 6) is -0.543. The number of rotatable bonds is 4. The molecule has 1 unspecified atom stereocenters. The van der Waals surface area contributed by atoms with Crippen molar-refractivity contribution in [3.8, 4) is 0 Å². The maximum atomic E-state index is 9.93. The van der Waals surface area contributed by atoms with Crippen LogP contribution in [0.1, 0.15) is 6.42 Å². The van der Waals surface area contributed by atoms with Gasteiger partial charge in [0.2, 0.25) is 0 Å². The molecule has 1 atom stereocenters. The largest absolute Gasteiger partial charge is 0.478 e. The lowest BCUT2D eigenvalue weighted by Crippen LogP contribution is -1.96. The van der Waals surface area contributed by atoms with E-state index in [1.807, 2.05) is 0 Å². The number of carboxylic acid groups (broad SMARTS) is 1. The van der Waals surface area contributed by atoms with E-state index in [1.165, 1.54) is 6.08 Å². The molecule has 0 aromatic rings. The van der Waals surface area contributed by atoms with Crippen molar-refractivity contribution in [3.05, 3.63) is 12.2 Å². The Hall–Kier alpha value is -0.210. The molecule has 0 aromatic carbocycles. The molecule has 0 bridgehead atoms. The van der Waals surface area contributed by atoms with Gasteiger partial charge in [-0.05, 0) is 6.42 Å². The van der Waals surface area contributed by atoms with Crippen molar-refractivity contribution in [3.63, 3.8) is 0 Å². The van der Waals surface area contributed by atoms with E-state index in [4.69, 9.17) is 28.3 Å². The second kappa shape index (κ2) is 5.57. The molecular weight excluding hydrogens is 175 g/mol. The van der Waals surface area contributed by atoms with E-state index in [2.05, 4.69) is 0 Å². The average molecular weight is 183 g/mol. The second-order valence-corrected chi connectivity index (χ2v) is 2.63. The Kier molecular flexibility index (Phi) is 5.45. The normalized spacial score (nSPS) is 13.8. The maximum Gasteiger partial charge on any atom is 0.328 e. The lowest BCUT2D eigenvalue weighted by Gasteiger charge is -1.96. The molecule has 0 aromatic heterocycles. The molecule has 0 aliphatic heterocycles. The van der Waals surface area contributed by atoms with Gasteiger partial charge in [-0.15, -0.1) is 23.2 Å². The van der Waals surface area contributed by atoms with Gasteiger partial charge in [0.1, 0.15) is 0 Å². The monoisotopic (exact) mass is 182 g/mol. The van der Waals surface area contributed by atoms with Crippen molar-refractivity contribution >= 4 is 29.2 Å². The van der Waals surface area contributed by atoms with Crippen LogP contribution in [0.2, 0.25) is 0 Å². The van der Waals surface area contributed by atoms with Crippen LogP contribution in [0, 0.1) is 0 Å². The van der Waals surface area contributed by atoms with Crippen LogP contribution in [0.4, 0.5) is 0 Å². The van der Waals surface area contributed by atoms with Crippen LogP contribution in [-0.2, 0) is 4.79 Å². The Morgan fingerprint density at radius 3 is 2.70 bits per heavy atom. The number of aliphatic carboxylic acids is 1. The van der Waals surface area contributed by atoms with Crippen molar-refractivity contribution in [2.75, 3.05) is 5.88 Å². The molecule has 0 heterocycles. The minimum Gasteiger partial charge on any atom is -0.478 e. The molecule has 10 heavy (non-hydrogen) atoms. The molecule has 0 aliphatic rings. The Morgan fingerprint density at radius 2 is 2.30 bits per heavy atom. The number of carbonyl (C=O) groups is 1. The summed E-state index contributed by atoms with van der Waals surface area (Å²) < 4.78 is 0. The topological polar surface area (TPSA) is 37.3 Å². The number of hydrogen-bond donors (Lipinski definition) is 1. The van der Waals surface area contributed by atoms with Gasteiger partial charge in [-0.3, -0.25) is 0 Å². The molecule has 0 fully saturated rings. The van der Waals surface area contributed by atoms with E-state index in [9.17, 15) is 4.79 Å². The fourth-order valence-corrected chi connectivity index (χ4v) is 0.916. The molecule has 0 spiro atoms. The summed E-state index contributed by atoms with van der Waals surface area (Å²) >= 11 is 10.9. The first-order valence-corrected chi connectivity index (χ1v) is 3.75. The smallest absolute Gasteiger partial charge is 0.328 e. The number of carboxylic acids is 1. The molecule has 1 N–H and O–H groups in total. The zero-order chi connectivity index (χ0) is 7.98. The number of alkyl halides is 2. The van der Waals surface area contributed by atoms with Gasteiger partial charge in [0.25, 0.3) is 0 Å². The van der Waals surface area contributed by atoms with Gasteiger partial charge in [-0.25, -0.2) is 4.79 Å². The fourth-order valence-electron chi connectivity index (χ4n) is 0.387. The Morgan fingerprint density at radius 1 is 1.70 bits per heavy atom. The van der Waals surface area contributed by atoms with Crippen LogP contribution in [0.15, 0.2) is 12.2 Å². The highest BCUT2D eigenvalue weighted by atomic mass is 35.5. The highest BCUT2D eigenvalue weighted by Crippen LogP contribution is 2.04. The van der Waals surface area contributed by atoms with Crippen LogP contribution in [0.5, 0.6) is 0 Å². The van der Waals surface area contributed by atoms with E-state index < -0.39 is 5.97 Å². The predicted octanol–water partition coefficient (Wildman–Crippen LogP) is 1.86. The van der Waals surface area contributed by atoms with Gasteiger partial charge in [0.15, 0.2) is 0 Å². The highest BCUT2D eigenvalue weighted by Gasteiger charge is 1.97. The van der Waals surface area contributed by atoms with Crippen molar-refractivity contribution < 1.29 is 9.90 Å². The van der Waals surface area contributed by atoms with E-state index in [1.54, 1.807) is 0 Å². The molecule has 2 nitrogen and oxygen atoms in total. The number of hydrogen-bond acceptors (Lipinski definition) is 1. The van der Waals surface area contributed by atoms with Crippen LogP contribution in [-0.4, -0.2) is 22.3 Å². The van der Waals surface area contributed by atoms with Gasteiger partial charge in [-0.1, -0.05) is 6.08 Å². The van der Waals surface area contributed by atoms with E-state index in [0.717, 1.165) is 6.08 Å². The van der Waals surface area contributed by atoms with Crippen molar-refractivity contribution in [1.82, 2.24) is 0 Å². The molecular formula is C6H8Cl2O2. The van der Waals surface area contributed by atoms with E-state index >= 15 is 0 Å². The molecule has 0 amide bonds. The van der Waals surface area contributed by atoms with Gasteiger partial charge < -0.3 is 5.11 Å². The highest BCUT2D eigenvalue weighted by molar-refractivity contribution is 6.23. The summed E-state index contributed by atoms with van der Waals surface area (Å²) in [6.07, 6.45) is 3.02. The van der Waals surface area contributed by atoms with Crippen LogP contribution >= 0.6 is 23.2 Å². The van der Waals surface area contributed by atoms with Crippen molar-refractivity contribution in [1.29, 1.82) is 0 Å². The molecule has 58 valence electrons. The van der Waals surface area contributed by atoms with Gasteiger partial charge in [-0.2, -0.15) is 0 Å². The summed E-state index contributed by atoms with van der Waals surface area (Å²) in [7, 11) is 0.